The first-order chi connectivity index (χ1) is 10.0. The van der Waals surface area contributed by atoms with Crippen molar-refractivity contribution in [1.82, 2.24) is 0 Å². The molecular formula is C14H29O6P. The van der Waals surface area contributed by atoms with Crippen LogP contribution in [0.1, 0.15) is 48.0 Å². The molecule has 0 amide bonds. The van der Waals surface area contributed by atoms with Crippen molar-refractivity contribution in [2.45, 2.75) is 72.4 Å². The second-order valence-corrected chi connectivity index (χ2v) is 6.25. The minimum absolute atomic E-state index is 0.0505. The van der Waals surface area contributed by atoms with Gasteiger partial charge in [0.2, 0.25) is 0 Å². The highest BCUT2D eigenvalue weighted by Gasteiger charge is 2.49. The van der Waals surface area contributed by atoms with Gasteiger partial charge in [0, 0.05) is 6.42 Å². The molecule has 126 valence electrons. The topological polar surface area (TPSA) is 55.4 Å². The maximum atomic E-state index is 5.72. The van der Waals surface area contributed by atoms with Gasteiger partial charge in [0.15, 0.2) is 26.7 Å². The molecule has 0 aromatic rings. The maximum Gasteiger partial charge on any atom is 0.198 e. The quantitative estimate of drug-likeness (QED) is 0.667. The lowest BCUT2D eigenvalue weighted by Crippen LogP contribution is -2.25. The van der Waals surface area contributed by atoms with Crippen molar-refractivity contribution in [2.24, 2.45) is 0 Å². The third kappa shape index (κ3) is 6.06. The van der Waals surface area contributed by atoms with Crippen LogP contribution in [0.3, 0.4) is 0 Å². The van der Waals surface area contributed by atoms with Crippen LogP contribution in [0.15, 0.2) is 0 Å². The van der Waals surface area contributed by atoms with E-state index < -0.39 is 14.2 Å². The Morgan fingerprint density at radius 1 is 1.10 bits per heavy atom. The first-order valence-corrected chi connectivity index (χ1v) is 9.06. The van der Waals surface area contributed by atoms with Crippen LogP contribution < -0.4 is 0 Å². The number of fused-ring (bicyclic) bond motifs is 1. The Bertz CT molecular complexity index is 267. The summed E-state index contributed by atoms with van der Waals surface area (Å²) >= 11 is 0. The van der Waals surface area contributed by atoms with E-state index in [1.807, 2.05) is 41.5 Å². The predicted molar refractivity (Wildman–Crippen MR) is 80.8 cm³/mol. The van der Waals surface area contributed by atoms with Crippen molar-refractivity contribution in [1.29, 1.82) is 0 Å². The molecule has 2 aliphatic heterocycles. The summed E-state index contributed by atoms with van der Waals surface area (Å²) < 4.78 is 33.6. The standard InChI is InChI=1S/C12H23O6P.C2H6/c1-5-14-19(15-6-2)8-13-10-7-9-11(16-10)18-12(3,4)17-9;1-2/h9-11H,5-8H2,1-4H3;1-2H3. The van der Waals surface area contributed by atoms with Gasteiger partial charge in [-0.2, -0.15) is 0 Å². The maximum absolute atomic E-state index is 5.72. The number of ether oxygens (including phenoxy) is 4. The van der Waals surface area contributed by atoms with Crippen LogP contribution in [-0.4, -0.2) is 44.0 Å². The van der Waals surface area contributed by atoms with Gasteiger partial charge < -0.3 is 28.0 Å². The highest BCUT2D eigenvalue weighted by Crippen LogP contribution is 2.41. The van der Waals surface area contributed by atoms with Gasteiger partial charge in [0.05, 0.1) is 13.2 Å². The number of hydrogen-bond donors (Lipinski definition) is 0. The molecule has 0 aliphatic carbocycles. The van der Waals surface area contributed by atoms with Gasteiger partial charge >= 0.3 is 0 Å². The fraction of sp³-hybridized carbons (Fsp3) is 1.00. The van der Waals surface area contributed by atoms with E-state index in [-0.39, 0.29) is 18.7 Å². The molecule has 2 fully saturated rings. The van der Waals surface area contributed by atoms with E-state index in [2.05, 4.69) is 0 Å². The lowest BCUT2D eigenvalue weighted by Gasteiger charge is -2.22. The van der Waals surface area contributed by atoms with E-state index in [0.29, 0.717) is 26.0 Å². The first kappa shape index (κ1) is 19.2. The Morgan fingerprint density at radius 2 is 1.71 bits per heavy atom. The number of rotatable bonds is 7. The van der Waals surface area contributed by atoms with Crippen LogP contribution in [0.2, 0.25) is 0 Å². The van der Waals surface area contributed by atoms with Gasteiger partial charge in [-0.15, -0.1) is 0 Å². The van der Waals surface area contributed by atoms with Crippen LogP contribution in [0.5, 0.6) is 0 Å². The van der Waals surface area contributed by atoms with Crippen molar-refractivity contribution in [2.75, 3.05) is 19.6 Å². The van der Waals surface area contributed by atoms with E-state index in [1.165, 1.54) is 0 Å². The second kappa shape index (κ2) is 9.36. The summed E-state index contributed by atoms with van der Waals surface area (Å²) in [6, 6.07) is 0. The molecule has 2 rings (SSSR count). The molecule has 3 atom stereocenters. The highest BCUT2D eigenvalue weighted by molar-refractivity contribution is 7.47. The minimum Gasteiger partial charge on any atom is -0.343 e. The van der Waals surface area contributed by atoms with Crippen molar-refractivity contribution < 1.29 is 28.0 Å². The Morgan fingerprint density at radius 3 is 2.24 bits per heavy atom. The second-order valence-electron chi connectivity index (χ2n) is 4.81. The Labute approximate surface area is 129 Å². The molecule has 6 nitrogen and oxygen atoms in total. The lowest BCUT2D eigenvalue weighted by molar-refractivity contribution is -0.241. The van der Waals surface area contributed by atoms with Crippen molar-refractivity contribution in [3.05, 3.63) is 0 Å². The molecule has 0 radical (unpaired) electrons. The van der Waals surface area contributed by atoms with Gasteiger partial charge in [-0.3, -0.25) is 0 Å². The molecule has 7 heteroatoms. The molecule has 0 aromatic carbocycles. The largest absolute Gasteiger partial charge is 0.343 e. The van der Waals surface area contributed by atoms with Gasteiger partial charge in [-0.25, -0.2) is 0 Å². The summed E-state index contributed by atoms with van der Waals surface area (Å²) in [6.45, 7) is 12.9. The molecule has 0 spiro atoms. The van der Waals surface area contributed by atoms with E-state index in [0.717, 1.165) is 0 Å². The van der Waals surface area contributed by atoms with E-state index in [4.69, 9.17) is 28.0 Å². The molecule has 3 unspecified atom stereocenters. The smallest absolute Gasteiger partial charge is 0.198 e. The fourth-order valence-corrected chi connectivity index (χ4v) is 3.21. The van der Waals surface area contributed by atoms with E-state index >= 15 is 0 Å². The summed E-state index contributed by atoms with van der Waals surface area (Å²) in [4.78, 5) is 0. The van der Waals surface area contributed by atoms with Crippen LogP contribution in [0, 0.1) is 0 Å². The molecule has 2 saturated heterocycles. The molecule has 0 bridgehead atoms. The van der Waals surface area contributed by atoms with Gasteiger partial charge in [-0.05, 0) is 27.7 Å². The molecule has 2 aliphatic rings. The Balaban J connectivity index is 0.00000106. The third-order valence-electron chi connectivity index (χ3n) is 2.76. The summed E-state index contributed by atoms with van der Waals surface area (Å²) in [6.07, 6.45) is 0.396. The van der Waals surface area contributed by atoms with Gasteiger partial charge in [0.25, 0.3) is 0 Å². The third-order valence-corrected chi connectivity index (χ3v) is 4.21. The van der Waals surface area contributed by atoms with E-state index in [9.17, 15) is 0 Å². The zero-order valence-corrected chi connectivity index (χ0v) is 14.9. The summed E-state index contributed by atoms with van der Waals surface area (Å²) in [5.41, 5.74) is 0. The van der Waals surface area contributed by atoms with Crippen LogP contribution in [-0.2, 0) is 28.0 Å². The number of hydrogen-bond acceptors (Lipinski definition) is 6. The molecular weight excluding hydrogens is 295 g/mol. The SMILES string of the molecule is CC.CCOP(COC1CC2OC(C)(C)OC2O1)OCC. The van der Waals surface area contributed by atoms with Crippen molar-refractivity contribution in [3.63, 3.8) is 0 Å². The van der Waals surface area contributed by atoms with Crippen molar-refractivity contribution in [3.8, 4) is 0 Å². The Hall–Kier alpha value is 0.190. The predicted octanol–water partition coefficient (Wildman–Crippen LogP) is 3.60. The monoisotopic (exact) mass is 324 g/mol. The molecule has 21 heavy (non-hydrogen) atoms. The molecule has 2 heterocycles. The average Bonchev–Trinajstić information content (AvgIpc) is 2.92. The normalized spacial score (nSPS) is 30.1. The Kier molecular flexibility index (Phi) is 8.57. The van der Waals surface area contributed by atoms with Gasteiger partial charge in [0.1, 0.15) is 12.5 Å². The first-order valence-electron chi connectivity index (χ1n) is 7.70. The van der Waals surface area contributed by atoms with E-state index in [1.54, 1.807) is 0 Å². The zero-order valence-electron chi connectivity index (χ0n) is 14.0. The molecule has 0 saturated carbocycles. The van der Waals surface area contributed by atoms with Crippen LogP contribution in [0.25, 0.3) is 0 Å². The molecule has 0 N–H and O–H groups in total. The average molecular weight is 324 g/mol. The summed E-state index contributed by atoms with van der Waals surface area (Å²) in [7, 11) is -0.995. The molecule has 0 aromatic heterocycles. The van der Waals surface area contributed by atoms with Crippen LogP contribution in [0.4, 0.5) is 0 Å². The zero-order chi connectivity index (χ0) is 15.9. The van der Waals surface area contributed by atoms with Crippen LogP contribution >= 0.6 is 8.38 Å². The summed E-state index contributed by atoms with van der Waals surface area (Å²) in [5.74, 6) is -0.566. The van der Waals surface area contributed by atoms with Crippen molar-refractivity contribution >= 4 is 8.38 Å². The van der Waals surface area contributed by atoms with Gasteiger partial charge in [-0.1, -0.05) is 13.8 Å². The lowest BCUT2D eigenvalue weighted by atomic mass is 10.3. The minimum atomic E-state index is -0.995. The fourth-order valence-electron chi connectivity index (χ4n) is 2.12. The highest BCUT2D eigenvalue weighted by atomic mass is 31.2. The summed E-state index contributed by atoms with van der Waals surface area (Å²) in [5, 5.41) is 0.